The smallest absolute Gasteiger partial charge is 0.206 e. The maximum absolute atomic E-state index is 15.0. The van der Waals surface area contributed by atoms with Crippen molar-refractivity contribution in [2.75, 3.05) is 23.3 Å². The average Bonchev–Trinajstić information content (AvgIpc) is 3.04. The van der Waals surface area contributed by atoms with Crippen LogP contribution in [0.15, 0.2) is 35.1 Å². The highest BCUT2D eigenvalue weighted by Crippen LogP contribution is 2.32. The highest BCUT2D eigenvalue weighted by atomic mass is 19.1. The van der Waals surface area contributed by atoms with Gasteiger partial charge in [0.1, 0.15) is 0 Å². The molecule has 0 unspecified atom stereocenters. The summed E-state index contributed by atoms with van der Waals surface area (Å²) in [5, 5.41) is 7.73. The number of pyridine rings is 1. The number of aromatic nitrogens is 2. The van der Waals surface area contributed by atoms with Crippen molar-refractivity contribution in [3.05, 3.63) is 48.0 Å². The standard InChI is InChI=1S/C19H20FN4O2/c1-12-10-24(11-13(2)25-12)16-4-3-15-18(17(16)20)26-23-19(15)22-9-14-5-7-21-8-6-14/h3,5-8,12-13H,9-11H2,1-2H3,(H,22,23)/t12-,13+. The second-order valence-electron chi connectivity index (χ2n) is 6.60. The molecule has 135 valence electrons. The zero-order valence-electron chi connectivity index (χ0n) is 14.7. The minimum absolute atomic E-state index is 0.0366. The van der Waals surface area contributed by atoms with Crippen LogP contribution >= 0.6 is 0 Å². The van der Waals surface area contributed by atoms with Gasteiger partial charge in [-0.25, -0.2) is 4.39 Å². The third-order valence-electron chi connectivity index (χ3n) is 4.43. The average molecular weight is 355 g/mol. The Morgan fingerprint density at radius 1 is 1.27 bits per heavy atom. The molecule has 3 heterocycles. The summed E-state index contributed by atoms with van der Waals surface area (Å²) in [6.07, 6.45) is 3.52. The Kier molecular flexibility index (Phi) is 4.46. The number of halogens is 1. The Morgan fingerprint density at radius 3 is 2.73 bits per heavy atom. The van der Waals surface area contributed by atoms with Crippen LogP contribution in [0.3, 0.4) is 0 Å². The normalized spacial score (nSPS) is 20.5. The molecule has 0 amide bonds. The molecule has 0 spiro atoms. The molecule has 1 fully saturated rings. The van der Waals surface area contributed by atoms with Crippen molar-refractivity contribution in [2.45, 2.75) is 32.6 Å². The van der Waals surface area contributed by atoms with E-state index in [2.05, 4.69) is 21.5 Å². The van der Waals surface area contributed by atoms with Gasteiger partial charge in [0.2, 0.25) is 5.58 Å². The van der Waals surface area contributed by atoms with Gasteiger partial charge in [0.25, 0.3) is 0 Å². The molecule has 26 heavy (non-hydrogen) atoms. The van der Waals surface area contributed by atoms with E-state index in [1.165, 1.54) is 0 Å². The van der Waals surface area contributed by atoms with Crippen molar-refractivity contribution in [1.82, 2.24) is 10.1 Å². The van der Waals surface area contributed by atoms with Gasteiger partial charge in [0.15, 0.2) is 11.6 Å². The number of hydrogen-bond donors (Lipinski definition) is 1. The summed E-state index contributed by atoms with van der Waals surface area (Å²) in [5.74, 6) is 0.0653. The molecular formula is C19H20FN4O2. The predicted molar refractivity (Wildman–Crippen MR) is 96.6 cm³/mol. The van der Waals surface area contributed by atoms with E-state index in [9.17, 15) is 0 Å². The summed E-state index contributed by atoms with van der Waals surface area (Å²) in [6.45, 7) is 5.74. The number of nitrogens with one attached hydrogen (secondary N) is 1. The molecule has 1 radical (unpaired) electrons. The molecule has 1 aliphatic heterocycles. The first-order valence-electron chi connectivity index (χ1n) is 8.64. The topological polar surface area (TPSA) is 63.4 Å². The van der Waals surface area contributed by atoms with Crippen LogP contribution in [0.1, 0.15) is 19.4 Å². The van der Waals surface area contributed by atoms with Crippen molar-refractivity contribution in [1.29, 1.82) is 0 Å². The van der Waals surface area contributed by atoms with Crippen LogP contribution in [0.2, 0.25) is 0 Å². The molecule has 1 saturated heterocycles. The van der Waals surface area contributed by atoms with E-state index in [0.29, 0.717) is 36.5 Å². The van der Waals surface area contributed by atoms with Gasteiger partial charge < -0.3 is 19.5 Å². The fraction of sp³-hybridized carbons (Fsp3) is 0.368. The molecular weight excluding hydrogens is 335 g/mol. The van der Waals surface area contributed by atoms with Gasteiger partial charge in [-0.15, -0.1) is 0 Å². The van der Waals surface area contributed by atoms with Crippen LogP contribution in [0.5, 0.6) is 0 Å². The molecule has 6 nitrogen and oxygen atoms in total. The zero-order chi connectivity index (χ0) is 18.1. The number of fused-ring (bicyclic) bond motifs is 1. The molecule has 7 heteroatoms. The molecule has 0 bridgehead atoms. The van der Waals surface area contributed by atoms with E-state index in [1.54, 1.807) is 18.5 Å². The molecule has 4 rings (SSSR count). The summed E-state index contributed by atoms with van der Waals surface area (Å²) >= 11 is 0. The van der Waals surface area contributed by atoms with Crippen LogP contribution < -0.4 is 10.2 Å². The second-order valence-corrected chi connectivity index (χ2v) is 6.60. The van der Waals surface area contributed by atoms with E-state index < -0.39 is 5.82 Å². The van der Waals surface area contributed by atoms with Gasteiger partial charge in [-0.2, -0.15) is 0 Å². The maximum Gasteiger partial charge on any atom is 0.206 e. The Morgan fingerprint density at radius 2 is 2.00 bits per heavy atom. The van der Waals surface area contributed by atoms with Gasteiger partial charge in [-0.3, -0.25) is 4.98 Å². The second kappa shape index (κ2) is 6.92. The van der Waals surface area contributed by atoms with Crippen LogP contribution in [-0.4, -0.2) is 35.4 Å². The number of benzene rings is 1. The van der Waals surface area contributed by atoms with Gasteiger partial charge in [0.05, 0.1) is 23.3 Å². The van der Waals surface area contributed by atoms with E-state index >= 15 is 4.39 Å². The van der Waals surface area contributed by atoms with Crippen molar-refractivity contribution in [2.24, 2.45) is 0 Å². The SMILES string of the molecule is C[C@@H]1CN(c2[c]cc3c(NCc4ccncc4)noc3c2F)C[C@H](C)O1. The molecule has 3 aromatic rings. The Labute approximate surface area is 150 Å². The molecule has 1 aliphatic rings. The van der Waals surface area contributed by atoms with Crippen LogP contribution in [0, 0.1) is 11.9 Å². The number of anilines is 2. The van der Waals surface area contributed by atoms with Crippen LogP contribution in [-0.2, 0) is 11.3 Å². The summed E-state index contributed by atoms with van der Waals surface area (Å²) in [5.41, 5.74) is 1.59. The van der Waals surface area contributed by atoms with Gasteiger partial charge >= 0.3 is 0 Å². The predicted octanol–water partition coefficient (Wildman–Crippen LogP) is 3.39. The molecule has 0 saturated carbocycles. The van der Waals surface area contributed by atoms with Crippen LogP contribution in [0.4, 0.5) is 15.9 Å². The molecule has 0 aliphatic carbocycles. The number of morpholine rings is 1. The highest BCUT2D eigenvalue weighted by molar-refractivity contribution is 5.90. The highest BCUT2D eigenvalue weighted by Gasteiger charge is 2.26. The van der Waals surface area contributed by atoms with Gasteiger partial charge in [-0.05, 0) is 37.6 Å². The molecule has 2 atom stereocenters. The number of hydrogen-bond acceptors (Lipinski definition) is 6. The minimum atomic E-state index is -0.437. The third kappa shape index (κ3) is 3.22. The Balaban J connectivity index is 1.59. The quantitative estimate of drug-likeness (QED) is 0.774. The lowest BCUT2D eigenvalue weighted by Gasteiger charge is -2.36. The fourth-order valence-electron chi connectivity index (χ4n) is 3.31. The first-order valence-corrected chi connectivity index (χ1v) is 8.64. The van der Waals surface area contributed by atoms with Gasteiger partial charge in [0, 0.05) is 38.1 Å². The van der Waals surface area contributed by atoms with Crippen molar-refractivity contribution >= 4 is 22.5 Å². The fourth-order valence-corrected chi connectivity index (χ4v) is 3.31. The summed E-state index contributed by atoms with van der Waals surface area (Å²) in [4.78, 5) is 5.93. The van der Waals surface area contributed by atoms with Crippen molar-refractivity contribution in [3.63, 3.8) is 0 Å². The number of nitrogens with zero attached hydrogens (tertiary/aromatic N) is 3. The number of rotatable bonds is 4. The lowest BCUT2D eigenvalue weighted by molar-refractivity contribution is -0.00540. The van der Waals surface area contributed by atoms with Crippen LogP contribution in [0.25, 0.3) is 11.0 Å². The monoisotopic (exact) mass is 355 g/mol. The van der Waals surface area contributed by atoms with E-state index in [0.717, 1.165) is 5.56 Å². The molecule has 1 aromatic carbocycles. The lowest BCUT2D eigenvalue weighted by Crippen LogP contribution is -2.45. The van der Waals surface area contributed by atoms with Gasteiger partial charge in [-0.1, -0.05) is 5.16 Å². The summed E-state index contributed by atoms with van der Waals surface area (Å²) in [7, 11) is 0. The zero-order valence-corrected chi connectivity index (χ0v) is 14.7. The maximum atomic E-state index is 15.0. The van der Waals surface area contributed by atoms with E-state index in [-0.39, 0.29) is 17.8 Å². The lowest BCUT2D eigenvalue weighted by atomic mass is 10.1. The Hall–Kier alpha value is -2.67. The first-order chi connectivity index (χ1) is 12.6. The van der Waals surface area contributed by atoms with Crippen molar-refractivity contribution in [3.8, 4) is 0 Å². The van der Waals surface area contributed by atoms with E-state index in [4.69, 9.17) is 9.26 Å². The summed E-state index contributed by atoms with van der Waals surface area (Å²) in [6, 6.07) is 8.59. The Bertz CT molecular complexity index is 889. The largest absolute Gasteiger partial charge is 0.372 e. The molecule has 2 aromatic heterocycles. The number of ether oxygens (including phenoxy) is 1. The third-order valence-corrected chi connectivity index (χ3v) is 4.43. The first kappa shape index (κ1) is 16.8. The summed E-state index contributed by atoms with van der Waals surface area (Å²) < 4.78 is 26.0. The van der Waals surface area contributed by atoms with Crippen molar-refractivity contribution < 1.29 is 13.7 Å². The molecule has 1 N–H and O–H groups in total. The van der Waals surface area contributed by atoms with E-state index in [1.807, 2.05) is 30.9 Å². The minimum Gasteiger partial charge on any atom is -0.372 e.